The Morgan fingerprint density at radius 3 is 2.43 bits per heavy atom. The molecule has 0 spiro atoms. The summed E-state index contributed by atoms with van der Waals surface area (Å²) in [5, 5.41) is 15.8. The van der Waals surface area contributed by atoms with E-state index in [2.05, 4.69) is 41.6 Å². The van der Waals surface area contributed by atoms with E-state index in [9.17, 15) is 9.59 Å². The number of carbonyl (C=O) groups is 2. The number of hydrogen-bond acceptors (Lipinski definition) is 5. The number of rotatable bonds is 10. The van der Waals surface area contributed by atoms with Crippen LogP contribution in [0.15, 0.2) is 47.6 Å². The van der Waals surface area contributed by atoms with Gasteiger partial charge in [-0.15, -0.1) is 10.2 Å². The van der Waals surface area contributed by atoms with E-state index in [-0.39, 0.29) is 28.6 Å². The summed E-state index contributed by atoms with van der Waals surface area (Å²) in [6, 6.07) is 12.2. The third-order valence-electron chi connectivity index (χ3n) is 5.35. The Hall–Kier alpha value is -2.55. The Kier molecular flexibility index (Phi) is 9.60. The number of nitrogens with zero attached hydrogens (tertiary/aromatic N) is 3. The van der Waals surface area contributed by atoms with Crippen LogP contribution in [0.2, 0.25) is 10.0 Å². The van der Waals surface area contributed by atoms with E-state index in [0.717, 1.165) is 12.1 Å². The summed E-state index contributed by atoms with van der Waals surface area (Å²) in [7, 11) is 1.83. The Bertz CT molecular complexity index is 1180. The molecule has 0 aliphatic carbocycles. The molecule has 0 aliphatic rings. The number of thioether (sulfide) groups is 1. The van der Waals surface area contributed by atoms with Gasteiger partial charge in [-0.3, -0.25) is 9.59 Å². The van der Waals surface area contributed by atoms with E-state index in [4.69, 9.17) is 23.2 Å². The quantitative estimate of drug-likeness (QED) is 0.315. The molecule has 0 saturated carbocycles. The maximum Gasteiger partial charge on any atom is 0.253 e. The van der Waals surface area contributed by atoms with Gasteiger partial charge in [0, 0.05) is 17.8 Å². The summed E-state index contributed by atoms with van der Waals surface area (Å²) in [4.78, 5) is 25.4. The second kappa shape index (κ2) is 12.4. The molecular weight excluding hydrogens is 505 g/mol. The summed E-state index contributed by atoms with van der Waals surface area (Å²) in [5.74, 6) is 0.633. The zero-order valence-corrected chi connectivity index (χ0v) is 22.5. The van der Waals surface area contributed by atoms with Crippen LogP contribution < -0.4 is 10.6 Å². The van der Waals surface area contributed by atoms with Crippen molar-refractivity contribution in [1.29, 1.82) is 0 Å². The molecule has 0 saturated heterocycles. The van der Waals surface area contributed by atoms with Crippen molar-refractivity contribution in [1.82, 2.24) is 20.1 Å². The molecule has 0 radical (unpaired) electrons. The van der Waals surface area contributed by atoms with Gasteiger partial charge in [0.25, 0.3) is 5.91 Å². The third-order valence-corrected chi connectivity index (χ3v) is 6.91. The van der Waals surface area contributed by atoms with Gasteiger partial charge in [-0.2, -0.15) is 0 Å². The minimum atomic E-state index is -0.382. The summed E-state index contributed by atoms with van der Waals surface area (Å²) in [5.41, 5.74) is 2.31. The summed E-state index contributed by atoms with van der Waals surface area (Å²) in [6.45, 7) is 6.22. The van der Waals surface area contributed by atoms with Crippen LogP contribution >= 0.6 is 35.0 Å². The zero-order chi connectivity index (χ0) is 25.5. The van der Waals surface area contributed by atoms with E-state index in [1.54, 1.807) is 12.1 Å². The van der Waals surface area contributed by atoms with Gasteiger partial charge in [-0.05, 0) is 54.7 Å². The van der Waals surface area contributed by atoms with Crippen LogP contribution in [0.3, 0.4) is 0 Å². The van der Waals surface area contributed by atoms with Gasteiger partial charge < -0.3 is 15.2 Å². The Morgan fingerprint density at radius 2 is 1.80 bits per heavy atom. The minimum Gasteiger partial charge on any atom is -0.342 e. The highest BCUT2D eigenvalue weighted by atomic mass is 35.5. The minimum absolute atomic E-state index is 0.131. The van der Waals surface area contributed by atoms with Crippen molar-refractivity contribution in [3.63, 3.8) is 0 Å². The number of hydrogen-bond donors (Lipinski definition) is 2. The average molecular weight is 535 g/mol. The van der Waals surface area contributed by atoms with E-state index >= 15 is 0 Å². The molecule has 2 N–H and O–H groups in total. The molecular formula is C25H29Cl2N5O2S. The average Bonchev–Trinajstić information content (AvgIpc) is 3.17. The molecule has 2 amide bonds. The fourth-order valence-electron chi connectivity index (χ4n) is 3.52. The van der Waals surface area contributed by atoms with Crippen LogP contribution in [0.1, 0.15) is 55.0 Å². The van der Waals surface area contributed by atoms with Gasteiger partial charge in [0.1, 0.15) is 0 Å². The molecule has 0 bridgehead atoms. The number of aryl methyl sites for hydroxylation is 1. The standard InChI is InChI=1S/C25H29Cl2N5O2S/c1-5-16-6-9-18(10-7-16)28-22(33)14-35-25-31-30-23(32(25)4)21(12-15(2)3)29-24(34)19-11-8-17(26)13-20(19)27/h6-11,13,15,21H,5,12,14H2,1-4H3,(H,28,33)(H,29,34)/t21-/m0/s1. The first kappa shape index (κ1) is 27.0. The van der Waals surface area contributed by atoms with Crippen molar-refractivity contribution in [2.75, 3.05) is 11.1 Å². The molecule has 186 valence electrons. The molecule has 10 heteroatoms. The fourth-order valence-corrected chi connectivity index (χ4v) is 4.73. The third kappa shape index (κ3) is 7.46. The second-order valence-corrected chi connectivity index (χ2v) is 10.4. The van der Waals surface area contributed by atoms with Crippen molar-refractivity contribution < 1.29 is 9.59 Å². The van der Waals surface area contributed by atoms with Crippen LogP contribution in [0.25, 0.3) is 0 Å². The normalized spacial score (nSPS) is 12.0. The van der Waals surface area contributed by atoms with Crippen LogP contribution in [-0.4, -0.2) is 32.3 Å². The first-order valence-corrected chi connectivity index (χ1v) is 13.1. The lowest BCUT2D eigenvalue weighted by atomic mass is 10.0. The number of carbonyl (C=O) groups excluding carboxylic acids is 2. The van der Waals surface area contributed by atoms with E-state index in [1.165, 1.54) is 23.4 Å². The predicted octanol–water partition coefficient (Wildman–Crippen LogP) is 5.93. The summed E-state index contributed by atoms with van der Waals surface area (Å²) >= 11 is 13.5. The van der Waals surface area contributed by atoms with Gasteiger partial charge in [0.05, 0.1) is 22.4 Å². The number of anilines is 1. The molecule has 0 fully saturated rings. The summed E-state index contributed by atoms with van der Waals surface area (Å²) < 4.78 is 1.81. The molecule has 1 aromatic heterocycles. The van der Waals surface area contributed by atoms with Crippen LogP contribution in [0, 0.1) is 5.92 Å². The largest absolute Gasteiger partial charge is 0.342 e. The van der Waals surface area contributed by atoms with E-state index < -0.39 is 0 Å². The van der Waals surface area contributed by atoms with Crippen molar-refractivity contribution in [3.8, 4) is 0 Å². The van der Waals surface area contributed by atoms with Crippen molar-refractivity contribution in [2.45, 2.75) is 44.8 Å². The van der Waals surface area contributed by atoms with Gasteiger partial charge in [0.2, 0.25) is 5.91 Å². The smallest absolute Gasteiger partial charge is 0.253 e. The lowest BCUT2D eigenvalue weighted by Gasteiger charge is -2.20. The molecule has 2 aromatic carbocycles. The molecule has 0 unspecified atom stereocenters. The lowest BCUT2D eigenvalue weighted by molar-refractivity contribution is -0.113. The molecule has 1 heterocycles. The van der Waals surface area contributed by atoms with Gasteiger partial charge in [-0.25, -0.2) is 0 Å². The van der Waals surface area contributed by atoms with Gasteiger partial charge in [0.15, 0.2) is 11.0 Å². The first-order chi connectivity index (χ1) is 16.7. The van der Waals surface area contributed by atoms with E-state index in [1.807, 2.05) is 35.9 Å². The number of amides is 2. The highest BCUT2D eigenvalue weighted by Crippen LogP contribution is 2.26. The van der Waals surface area contributed by atoms with Gasteiger partial charge in [-0.1, -0.05) is 67.9 Å². The van der Waals surface area contributed by atoms with E-state index in [0.29, 0.717) is 33.9 Å². The van der Waals surface area contributed by atoms with Crippen LogP contribution in [0.5, 0.6) is 0 Å². The maximum absolute atomic E-state index is 12.9. The Morgan fingerprint density at radius 1 is 1.09 bits per heavy atom. The second-order valence-electron chi connectivity index (χ2n) is 8.57. The van der Waals surface area contributed by atoms with Crippen LogP contribution in [-0.2, 0) is 18.3 Å². The number of aromatic nitrogens is 3. The highest BCUT2D eigenvalue weighted by Gasteiger charge is 2.24. The van der Waals surface area contributed by atoms with Crippen molar-refractivity contribution in [3.05, 3.63) is 69.5 Å². The molecule has 1 atom stereocenters. The number of halogens is 2. The topological polar surface area (TPSA) is 88.9 Å². The van der Waals surface area contributed by atoms with Crippen molar-refractivity contribution in [2.24, 2.45) is 13.0 Å². The maximum atomic E-state index is 12.9. The Labute approximate surface area is 220 Å². The molecule has 0 aliphatic heterocycles. The number of benzene rings is 2. The van der Waals surface area contributed by atoms with Gasteiger partial charge >= 0.3 is 0 Å². The predicted molar refractivity (Wildman–Crippen MR) is 142 cm³/mol. The molecule has 3 aromatic rings. The van der Waals surface area contributed by atoms with Crippen LogP contribution in [0.4, 0.5) is 5.69 Å². The molecule has 3 rings (SSSR count). The monoisotopic (exact) mass is 533 g/mol. The SMILES string of the molecule is CCc1ccc(NC(=O)CSc2nnc([C@H](CC(C)C)NC(=O)c3ccc(Cl)cc3Cl)n2C)cc1. The Balaban J connectivity index is 1.68. The number of nitrogens with one attached hydrogen (secondary N) is 2. The summed E-state index contributed by atoms with van der Waals surface area (Å²) in [6.07, 6.45) is 1.60. The lowest BCUT2D eigenvalue weighted by Crippen LogP contribution is -2.31. The fraction of sp³-hybridized carbons (Fsp3) is 0.360. The zero-order valence-electron chi connectivity index (χ0n) is 20.1. The first-order valence-electron chi connectivity index (χ1n) is 11.3. The highest BCUT2D eigenvalue weighted by molar-refractivity contribution is 7.99. The molecule has 35 heavy (non-hydrogen) atoms. The van der Waals surface area contributed by atoms with Crippen molar-refractivity contribution >= 4 is 52.5 Å². The molecule has 7 nitrogen and oxygen atoms in total.